The molecule has 0 saturated heterocycles. The zero-order valence-electron chi connectivity index (χ0n) is 10.6. The molecule has 1 aromatic carbocycles. The molecule has 2 rings (SSSR count). The van der Waals surface area contributed by atoms with Gasteiger partial charge in [-0.1, -0.05) is 30.3 Å². The molecule has 0 bridgehead atoms. The molecule has 0 saturated carbocycles. The van der Waals surface area contributed by atoms with Crippen LogP contribution in [0.4, 0.5) is 0 Å². The molecule has 1 aromatic heterocycles. The standard InChI is InChI=1S/C14H17N3S/c1-11-8-9-12(2)17(11)16-14(18)15-10-13-6-4-3-5-7-13/h3-9H,10H2,1-2H3,(H2,15,16,18). The van der Waals surface area contributed by atoms with Crippen molar-refractivity contribution in [2.24, 2.45) is 0 Å². The van der Waals surface area contributed by atoms with Gasteiger partial charge in [-0.05, 0) is 43.8 Å². The van der Waals surface area contributed by atoms with Crippen LogP contribution in [-0.2, 0) is 6.54 Å². The van der Waals surface area contributed by atoms with Gasteiger partial charge in [0.25, 0.3) is 0 Å². The predicted molar refractivity (Wildman–Crippen MR) is 79.1 cm³/mol. The lowest BCUT2D eigenvalue weighted by Gasteiger charge is -2.14. The second-order valence-corrected chi connectivity index (χ2v) is 4.64. The molecule has 2 aromatic rings. The van der Waals surface area contributed by atoms with Crippen LogP contribution < -0.4 is 10.7 Å². The van der Waals surface area contributed by atoms with E-state index in [0.29, 0.717) is 5.11 Å². The third kappa shape index (κ3) is 3.11. The first-order chi connectivity index (χ1) is 8.66. The zero-order valence-corrected chi connectivity index (χ0v) is 11.4. The summed E-state index contributed by atoms with van der Waals surface area (Å²) in [4.78, 5) is 0. The van der Waals surface area contributed by atoms with Crippen LogP contribution in [0, 0.1) is 13.8 Å². The third-order valence-corrected chi connectivity index (χ3v) is 3.02. The smallest absolute Gasteiger partial charge is 0.185 e. The molecule has 94 valence electrons. The molecular formula is C14H17N3S. The highest BCUT2D eigenvalue weighted by molar-refractivity contribution is 7.80. The molecule has 18 heavy (non-hydrogen) atoms. The SMILES string of the molecule is Cc1ccc(C)n1NC(=S)NCc1ccccc1. The van der Waals surface area contributed by atoms with Crippen LogP contribution in [0.2, 0.25) is 0 Å². The highest BCUT2D eigenvalue weighted by atomic mass is 32.1. The number of nitrogens with one attached hydrogen (secondary N) is 2. The maximum Gasteiger partial charge on any atom is 0.185 e. The molecular weight excluding hydrogens is 242 g/mol. The van der Waals surface area contributed by atoms with Crippen LogP contribution in [0.15, 0.2) is 42.5 Å². The average Bonchev–Trinajstić information content (AvgIpc) is 2.69. The lowest BCUT2D eigenvalue weighted by molar-refractivity contribution is 0.853. The number of aryl methyl sites for hydroxylation is 2. The molecule has 4 heteroatoms. The van der Waals surface area contributed by atoms with Crippen LogP contribution in [0.3, 0.4) is 0 Å². The Hall–Kier alpha value is -1.81. The van der Waals surface area contributed by atoms with Crippen molar-refractivity contribution < 1.29 is 0 Å². The van der Waals surface area contributed by atoms with E-state index in [-0.39, 0.29) is 0 Å². The van der Waals surface area contributed by atoms with Gasteiger partial charge in [0, 0.05) is 17.9 Å². The van der Waals surface area contributed by atoms with Crippen molar-refractivity contribution in [2.75, 3.05) is 5.43 Å². The van der Waals surface area contributed by atoms with Gasteiger partial charge in [0.05, 0.1) is 0 Å². The maximum atomic E-state index is 5.28. The summed E-state index contributed by atoms with van der Waals surface area (Å²) >= 11 is 5.28. The van der Waals surface area contributed by atoms with E-state index in [1.165, 1.54) is 5.56 Å². The van der Waals surface area contributed by atoms with Crippen molar-refractivity contribution in [3.05, 3.63) is 59.4 Å². The summed E-state index contributed by atoms with van der Waals surface area (Å²) in [7, 11) is 0. The Kier molecular flexibility index (Phi) is 3.99. The van der Waals surface area contributed by atoms with Gasteiger partial charge in [-0.15, -0.1) is 0 Å². The minimum atomic E-state index is 0.626. The third-order valence-electron chi connectivity index (χ3n) is 2.78. The van der Waals surface area contributed by atoms with Crippen LogP contribution >= 0.6 is 12.2 Å². The fraction of sp³-hybridized carbons (Fsp3) is 0.214. The Balaban J connectivity index is 1.90. The lowest BCUT2D eigenvalue weighted by atomic mass is 10.2. The number of rotatable bonds is 3. The fourth-order valence-electron chi connectivity index (χ4n) is 1.76. The minimum Gasteiger partial charge on any atom is -0.357 e. The van der Waals surface area contributed by atoms with Gasteiger partial charge in [-0.2, -0.15) is 0 Å². The summed E-state index contributed by atoms with van der Waals surface area (Å²) < 4.78 is 1.97. The van der Waals surface area contributed by atoms with Gasteiger partial charge in [0.1, 0.15) is 0 Å². The molecule has 0 unspecified atom stereocenters. The van der Waals surface area contributed by atoms with E-state index >= 15 is 0 Å². The van der Waals surface area contributed by atoms with Gasteiger partial charge in [-0.25, -0.2) is 0 Å². The fourth-order valence-corrected chi connectivity index (χ4v) is 1.93. The Labute approximate surface area is 113 Å². The predicted octanol–water partition coefficient (Wildman–Crippen LogP) is 2.72. The summed E-state index contributed by atoms with van der Waals surface area (Å²) in [5.41, 5.74) is 6.65. The number of nitrogens with zero attached hydrogens (tertiary/aromatic N) is 1. The quantitative estimate of drug-likeness (QED) is 0.830. The molecule has 0 aliphatic heterocycles. The number of thiocarbonyl (C=S) groups is 1. The Morgan fingerprint density at radius 1 is 1.06 bits per heavy atom. The van der Waals surface area contributed by atoms with Gasteiger partial charge in [0.15, 0.2) is 5.11 Å². The van der Waals surface area contributed by atoms with Crippen molar-refractivity contribution >= 4 is 17.3 Å². The highest BCUT2D eigenvalue weighted by Gasteiger charge is 2.02. The topological polar surface area (TPSA) is 29.0 Å². The van der Waals surface area contributed by atoms with Gasteiger partial charge >= 0.3 is 0 Å². The molecule has 0 fully saturated rings. The van der Waals surface area contributed by atoms with Crippen molar-refractivity contribution in [2.45, 2.75) is 20.4 Å². The van der Waals surface area contributed by atoms with E-state index < -0.39 is 0 Å². The molecule has 0 atom stereocenters. The van der Waals surface area contributed by atoms with Crippen molar-refractivity contribution in [3.63, 3.8) is 0 Å². The average molecular weight is 259 g/mol. The van der Waals surface area contributed by atoms with E-state index in [4.69, 9.17) is 12.2 Å². The summed E-state index contributed by atoms with van der Waals surface area (Å²) in [6, 6.07) is 14.3. The first-order valence-corrected chi connectivity index (χ1v) is 6.31. The van der Waals surface area contributed by atoms with Crippen molar-refractivity contribution in [1.82, 2.24) is 9.99 Å². The van der Waals surface area contributed by atoms with Crippen LogP contribution in [0.25, 0.3) is 0 Å². The van der Waals surface area contributed by atoms with Crippen LogP contribution in [0.1, 0.15) is 17.0 Å². The zero-order chi connectivity index (χ0) is 13.0. The summed E-state index contributed by atoms with van der Waals surface area (Å²) in [6.07, 6.45) is 0. The Morgan fingerprint density at radius 2 is 1.67 bits per heavy atom. The lowest BCUT2D eigenvalue weighted by Crippen LogP contribution is -2.34. The van der Waals surface area contributed by atoms with E-state index in [2.05, 4.69) is 35.0 Å². The molecule has 2 N–H and O–H groups in total. The number of aromatic nitrogens is 1. The maximum absolute atomic E-state index is 5.28. The highest BCUT2D eigenvalue weighted by Crippen LogP contribution is 2.04. The van der Waals surface area contributed by atoms with Crippen LogP contribution in [-0.4, -0.2) is 9.79 Å². The summed E-state index contributed by atoms with van der Waals surface area (Å²) in [6.45, 7) is 4.81. The van der Waals surface area contributed by atoms with Gasteiger partial charge in [0.2, 0.25) is 0 Å². The number of hydrogen-bond acceptors (Lipinski definition) is 1. The Morgan fingerprint density at radius 3 is 2.28 bits per heavy atom. The van der Waals surface area contributed by atoms with Crippen molar-refractivity contribution in [3.8, 4) is 0 Å². The minimum absolute atomic E-state index is 0.626. The second-order valence-electron chi connectivity index (χ2n) is 4.23. The largest absolute Gasteiger partial charge is 0.357 e. The normalized spacial score (nSPS) is 10.1. The first-order valence-electron chi connectivity index (χ1n) is 5.90. The summed E-state index contributed by atoms with van der Waals surface area (Å²) in [5, 5.41) is 3.82. The first kappa shape index (κ1) is 12.6. The molecule has 1 heterocycles. The number of benzene rings is 1. The monoisotopic (exact) mass is 259 g/mol. The molecule has 0 amide bonds. The molecule has 0 aliphatic carbocycles. The van der Waals surface area contributed by atoms with E-state index in [0.717, 1.165) is 17.9 Å². The van der Waals surface area contributed by atoms with Gasteiger partial charge in [-0.3, -0.25) is 10.1 Å². The van der Waals surface area contributed by atoms with E-state index in [1.807, 2.05) is 36.7 Å². The molecule has 0 aliphatic rings. The van der Waals surface area contributed by atoms with E-state index in [9.17, 15) is 0 Å². The molecule has 3 nitrogen and oxygen atoms in total. The Bertz CT molecular complexity index is 512. The van der Waals surface area contributed by atoms with Gasteiger partial charge < -0.3 is 5.32 Å². The number of hydrogen-bond donors (Lipinski definition) is 2. The van der Waals surface area contributed by atoms with Crippen LogP contribution in [0.5, 0.6) is 0 Å². The van der Waals surface area contributed by atoms with E-state index in [1.54, 1.807) is 0 Å². The molecule has 0 radical (unpaired) electrons. The molecule has 0 spiro atoms. The van der Waals surface area contributed by atoms with Crippen molar-refractivity contribution in [1.29, 1.82) is 0 Å². The second kappa shape index (κ2) is 5.69. The summed E-state index contributed by atoms with van der Waals surface area (Å²) in [5.74, 6) is 0.